The Morgan fingerprint density at radius 1 is 1.35 bits per heavy atom. The molecule has 1 aliphatic heterocycles. The Labute approximate surface area is 139 Å². The molecule has 1 heterocycles. The third kappa shape index (κ3) is 6.20. The molecule has 0 spiro atoms. The molecule has 2 amide bonds. The van der Waals surface area contributed by atoms with E-state index in [-0.39, 0.29) is 18.4 Å². The van der Waals surface area contributed by atoms with E-state index >= 15 is 0 Å². The molecule has 0 N–H and O–H groups in total. The maximum Gasteiger partial charge on any atom is 0.410 e. The number of hydrazone groups is 1. The van der Waals surface area contributed by atoms with Crippen molar-refractivity contribution >= 4 is 17.7 Å². The van der Waals surface area contributed by atoms with Crippen molar-refractivity contribution in [1.82, 2.24) is 9.91 Å². The van der Waals surface area contributed by atoms with Crippen molar-refractivity contribution in [1.29, 1.82) is 0 Å². The van der Waals surface area contributed by atoms with Gasteiger partial charge in [0.1, 0.15) is 5.60 Å². The Hall–Kier alpha value is -1.59. The van der Waals surface area contributed by atoms with E-state index in [0.29, 0.717) is 18.2 Å². The van der Waals surface area contributed by atoms with Crippen LogP contribution in [0.4, 0.5) is 4.79 Å². The fourth-order valence-electron chi connectivity index (χ4n) is 2.26. The predicted molar refractivity (Wildman–Crippen MR) is 91.3 cm³/mol. The highest BCUT2D eigenvalue weighted by Gasteiger charge is 2.31. The van der Waals surface area contributed by atoms with Crippen molar-refractivity contribution in [3.8, 4) is 0 Å². The standard InChI is InChI=1S/C17H31N3O3/c1-12(2)9-8-10-20-15(21)11-14(18-20)13(3)19(7)16(22)23-17(4,5)6/h12-13H,8-11H2,1-7H3. The minimum atomic E-state index is -0.540. The topological polar surface area (TPSA) is 62.2 Å². The van der Waals surface area contributed by atoms with Gasteiger partial charge in [0.2, 0.25) is 5.91 Å². The maximum atomic E-state index is 12.1. The highest BCUT2D eigenvalue weighted by molar-refractivity contribution is 6.08. The average molecular weight is 325 g/mol. The van der Waals surface area contributed by atoms with Crippen LogP contribution in [-0.2, 0) is 9.53 Å². The molecule has 0 aromatic heterocycles. The van der Waals surface area contributed by atoms with Gasteiger partial charge in [0, 0.05) is 13.6 Å². The number of amides is 2. The highest BCUT2D eigenvalue weighted by Crippen LogP contribution is 2.17. The Bertz CT molecular complexity index is 466. The number of carbonyl (C=O) groups is 2. The van der Waals surface area contributed by atoms with E-state index in [0.717, 1.165) is 12.8 Å². The molecule has 132 valence electrons. The summed E-state index contributed by atoms with van der Waals surface area (Å²) in [5.41, 5.74) is 0.175. The van der Waals surface area contributed by atoms with Gasteiger partial charge in [0.15, 0.2) is 0 Å². The second-order valence-electron chi connectivity index (χ2n) is 7.59. The minimum Gasteiger partial charge on any atom is -0.444 e. The van der Waals surface area contributed by atoms with Crippen LogP contribution in [0.2, 0.25) is 0 Å². The van der Waals surface area contributed by atoms with E-state index in [1.165, 1.54) is 9.91 Å². The van der Waals surface area contributed by atoms with Crippen LogP contribution in [-0.4, -0.2) is 52.9 Å². The lowest BCUT2D eigenvalue weighted by atomic mass is 10.1. The first-order valence-electron chi connectivity index (χ1n) is 8.35. The molecule has 1 unspecified atom stereocenters. The Morgan fingerprint density at radius 3 is 2.48 bits per heavy atom. The van der Waals surface area contributed by atoms with E-state index in [2.05, 4.69) is 18.9 Å². The third-order valence-corrected chi connectivity index (χ3v) is 3.77. The van der Waals surface area contributed by atoms with Gasteiger partial charge in [0.05, 0.1) is 18.2 Å². The molecule has 0 aliphatic carbocycles. The monoisotopic (exact) mass is 325 g/mol. The molecule has 1 rings (SSSR count). The second-order valence-corrected chi connectivity index (χ2v) is 7.59. The van der Waals surface area contributed by atoms with Crippen molar-refractivity contribution in [2.24, 2.45) is 11.0 Å². The van der Waals surface area contributed by atoms with Gasteiger partial charge in [-0.2, -0.15) is 5.10 Å². The molecule has 23 heavy (non-hydrogen) atoms. The molecule has 6 nitrogen and oxygen atoms in total. The Morgan fingerprint density at radius 2 is 1.96 bits per heavy atom. The average Bonchev–Trinajstić information content (AvgIpc) is 2.76. The van der Waals surface area contributed by atoms with Crippen LogP contribution >= 0.6 is 0 Å². The van der Waals surface area contributed by atoms with Crippen molar-refractivity contribution in [3.63, 3.8) is 0 Å². The molecule has 0 aromatic carbocycles. The zero-order valence-electron chi connectivity index (χ0n) is 15.5. The number of nitrogens with zero attached hydrogens (tertiary/aromatic N) is 3. The molecule has 6 heteroatoms. The van der Waals surface area contributed by atoms with Crippen LogP contribution in [0.1, 0.15) is 60.8 Å². The van der Waals surface area contributed by atoms with Crippen LogP contribution in [0.25, 0.3) is 0 Å². The Kier molecular flexibility index (Phi) is 6.59. The van der Waals surface area contributed by atoms with Gasteiger partial charge in [-0.3, -0.25) is 4.79 Å². The SMILES string of the molecule is CC(C)CCCN1N=C(C(C)N(C)C(=O)OC(C)(C)C)CC1=O. The lowest BCUT2D eigenvalue weighted by molar-refractivity contribution is -0.128. The summed E-state index contributed by atoms with van der Waals surface area (Å²) in [4.78, 5) is 25.7. The van der Waals surface area contributed by atoms with Gasteiger partial charge in [-0.15, -0.1) is 0 Å². The zero-order valence-corrected chi connectivity index (χ0v) is 15.5. The molecular formula is C17H31N3O3. The lowest BCUT2D eigenvalue weighted by Gasteiger charge is -2.28. The van der Waals surface area contributed by atoms with Crippen LogP contribution in [0.5, 0.6) is 0 Å². The zero-order chi connectivity index (χ0) is 17.8. The van der Waals surface area contributed by atoms with Gasteiger partial charge in [0.25, 0.3) is 0 Å². The summed E-state index contributed by atoms with van der Waals surface area (Å²) < 4.78 is 5.36. The van der Waals surface area contributed by atoms with Crippen molar-refractivity contribution in [3.05, 3.63) is 0 Å². The van der Waals surface area contributed by atoms with Crippen LogP contribution in [0.3, 0.4) is 0 Å². The predicted octanol–water partition coefficient (Wildman–Crippen LogP) is 3.27. The number of ether oxygens (including phenoxy) is 1. The van der Waals surface area contributed by atoms with Crippen LogP contribution in [0, 0.1) is 5.92 Å². The van der Waals surface area contributed by atoms with Gasteiger partial charge in [-0.1, -0.05) is 13.8 Å². The third-order valence-electron chi connectivity index (χ3n) is 3.77. The molecule has 0 fully saturated rings. The molecule has 0 bridgehead atoms. The van der Waals surface area contributed by atoms with E-state index in [9.17, 15) is 9.59 Å². The van der Waals surface area contributed by atoms with Gasteiger partial charge >= 0.3 is 6.09 Å². The number of carbonyl (C=O) groups excluding carboxylic acids is 2. The van der Waals surface area contributed by atoms with Crippen molar-refractivity contribution < 1.29 is 14.3 Å². The molecule has 0 saturated heterocycles. The summed E-state index contributed by atoms with van der Waals surface area (Å²) in [7, 11) is 1.67. The summed E-state index contributed by atoms with van der Waals surface area (Å²) >= 11 is 0. The summed E-state index contributed by atoms with van der Waals surface area (Å²) in [5, 5.41) is 5.96. The molecule has 1 atom stereocenters. The van der Waals surface area contributed by atoms with Gasteiger partial charge in [-0.05, 0) is 46.5 Å². The summed E-state index contributed by atoms with van der Waals surface area (Å²) in [6.45, 7) is 12.3. The van der Waals surface area contributed by atoms with E-state index in [1.54, 1.807) is 7.05 Å². The molecule has 0 radical (unpaired) electrons. The van der Waals surface area contributed by atoms with Gasteiger partial charge in [-0.25, -0.2) is 9.80 Å². The minimum absolute atomic E-state index is 0.00759. The first kappa shape index (κ1) is 19.5. The first-order chi connectivity index (χ1) is 10.5. The van der Waals surface area contributed by atoms with E-state index in [4.69, 9.17) is 4.74 Å². The highest BCUT2D eigenvalue weighted by atomic mass is 16.6. The normalized spacial score (nSPS) is 16.6. The summed E-state index contributed by atoms with van der Waals surface area (Å²) in [5.74, 6) is 0.626. The molecular weight excluding hydrogens is 294 g/mol. The largest absolute Gasteiger partial charge is 0.444 e. The number of rotatable bonds is 6. The van der Waals surface area contributed by atoms with Crippen LogP contribution in [0.15, 0.2) is 5.10 Å². The van der Waals surface area contributed by atoms with Crippen LogP contribution < -0.4 is 0 Å². The second kappa shape index (κ2) is 7.79. The fraction of sp³-hybridized carbons (Fsp3) is 0.824. The molecule has 1 aliphatic rings. The lowest BCUT2D eigenvalue weighted by Crippen LogP contribution is -2.43. The molecule has 0 saturated carbocycles. The smallest absolute Gasteiger partial charge is 0.410 e. The molecule has 0 aromatic rings. The Balaban J connectivity index is 2.63. The van der Waals surface area contributed by atoms with E-state index in [1.807, 2.05) is 27.7 Å². The first-order valence-corrected chi connectivity index (χ1v) is 8.35. The van der Waals surface area contributed by atoms with Gasteiger partial charge < -0.3 is 9.64 Å². The number of hydrogen-bond donors (Lipinski definition) is 0. The number of hydrogen-bond acceptors (Lipinski definition) is 4. The van der Waals surface area contributed by atoms with Crippen molar-refractivity contribution in [2.45, 2.75) is 72.4 Å². The maximum absolute atomic E-state index is 12.1. The van der Waals surface area contributed by atoms with E-state index < -0.39 is 11.7 Å². The fourth-order valence-corrected chi connectivity index (χ4v) is 2.26. The summed E-state index contributed by atoms with van der Waals surface area (Å²) in [6.07, 6.45) is 1.88. The van der Waals surface area contributed by atoms with Crippen molar-refractivity contribution in [2.75, 3.05) is 13.6 Å². The summed E-state index contributed by atoms with van der Waals surface area (Å²) in [6, 6.07) is -0.260. The quantitative estimate of drug-likeness (QED) is 0.753.